The molecule has 0 aromatic carbocycles. The first kappa shape index (κ1) is 17.9. The topological polar surface area (TPSA) is 50.4 Å². The minimum atomic E-state index is -0.420. The summed E-state index contributed by atoms with van der Waals surface area (Å²) in [4.78, 5) is 11.8. The first-order valence-electron chi connectivity index (χ1n) is 8.64. The first-order valence-corrected chi connectivity index (χ1v) is 9.93. The smallest absolute Gasteiger partial charge is 0.407 e. The lowest BCUT2D eigenvalue weighted by Gasteiger charge is -2.30. The number of alkyl carbamates (subject to hydrolysis) is 1. The number of amides is 1. The molecule has 2 fully saturated rings. The largest absolute Gasteiger partial charge is 0.444 e. The Bertz CT molecular complexity index is 362. The average Bonchev–Trinajstić information content (AvgIpc) is 2.84. The average molecular weight is 329 g/mol. The highest BCUT2D eigenvalue weighted by Crippen LogP contribution is 2.28. The lowest BCUT2D eigenvalue weighted by Crippen LogP contribution is -2.42. The third-order valence-electron chi connectivity index (χ3n) is 4.63. The molecule has 0 radical (unpaired) electrons. The Hall–Kier alpha value is -0.420. The normalized spacial score (nSPS) is 32.7. The molecule has 2 N–H and O–H groups in total. The van der Waals surface area contributed by atoms with Gasteiger partial charge in [-0.25, -0.2) is 4.79 Å². The van der Waals surface area contributed by atoms with Gasteiger partial charge in [-0.05, 0) is 72.0 Å². The number of carbonyl (C=O) groups is 1. The Kier molecular flexibility index (Phi) is 6.45. The van der Waals surface area contributed by atoms with Crippen LogP contribution >= 0.6 is 11.8 Å². The third-order valence-corrected chi connectivity index (χ3v) is 5.77. The summed E-state index contributed by atoms with van der Waals surface area (Å²) in [7, 11) is 0. The summed E-state index contributed by atoms with van der Waals surface area (Å²) < 4.78 is 5.34. The maximum absolute atomic E-state index is 11.8. The van der Waals surface area contributed by atoms with E-state index in [-0.39, 0.29) is 12.1 Å². The van der Waals surface area contributed by atoms with Crippen molar-refractivity contribution in [2.45, 2.75) is 94.7 Å². The van der Waals surface area contributed by atoms with Gasteiger partial charge in [0.05, 0.1) is 0 Å². The molecule has 2 rings (SSSR count). The molecule has 2 unspecified atom stereocenters. The van der Waals surface area contributed by atoms with Crippen molar-refractivity contribution in [1.82, 2.24) is 10.6 Å². The fourth-order valence-electron chi connectivity index (χ4n) is 3.54. The zero-order valence-corrected chi connectivity index (χ0v) is 15.3. The molecule has 2 saturated carbocycles. The number of ether oxygens (including phenoxy) is 1. The second kappa shape index (κ2) is 7.91. The Labute approximate surface area is 139 Å². The van der Waals surface area contributed by atoms with Gasteiger partial charge in [0.2, 0.25) is 0 Å². The van der Waals surface area contributed by atoms with Gasteiger partial charge in [-0.15, -0.1) is 0 Å². The molecule has 0 aliphatic heterocycles. The zero-order valence-electron chi connectivity index (χ0n) is 14.5. The van der Waals surface area contributed by atoms with Gasteiger partial charge in [0.1, 0.15) is 5.60 Å². The van der Waals surface area contributed by atoms with Crippen molar-refractivity contribution in [1.29, 1.82) is 0 Å². The van der Waals surface area contributed by atoms with Gasteiger partial charge < -0.3 is 15.4 Å². The van der Waals surface area contributed by atoms with E-state index in [1.165, 1.54) is 25.7 Å². The van der Waals surface area contributed by atoms with Crippen LogP contribution in [0.3, 0.4) is 0 Å². The van der Waals surface area contributed by atoms with Crippen molar-refractivity contribution < 1.29 is 9.53 Å². The molecule has 2 aliphatic carbocycles. The second-order valence-electron chi connectivity index (χ2n) is 7.73. The molecule has 128 valence electrons. The quantitative estimate of drug-likeness (QED) is 0.826. The van der Waals surface area contributed by atoms with Crippen molar-refractivity contribution in [2.75, 3.05) is 6.26 Å². The van der Waals surface area contributed by atoms with E-state index in [1.54, 1.807) is 0 Å². The number of carbonyl (C=O) groups excluding carboxylic acids is 1. The molecule has 4 nitrogen and oxygen atoms in total. The van der Waals surface area contributed by atoms with Gasteiger partial charge >= 0.3 is 6.09 Å². The SMILES string of the molecule is CSC1CCC(NC2CCC(NC(=O)OC(C)(C)C)C2)CC1. The maximum atomic E-state index is 11.8. The van der Waals surface area contributed by atoms with E-state index >= 15 is 0 Å². The van der Waals surface area contributed by atoms with E-state index in [4.69, 9.17) is 4.74 Å². The van der Waals surface area contributed by atoms with Crippen LogP contribution in [0.1, 0.15) is 65.7 Å². The van der Waals surface area contributed by atoms with E-state index in [9.17, 15) is 4.79 Å². The summed E-state index contributed by atoms with van der Waals surface area (Å²) in [6.07, 6.45) is 10.5. The van der Waals surface area contributed by atoms with Crippen LogP contribution in [0.2, 0.25) is 0 Å². The van der Waals surface area contributed by atoms with E-state index in [0.29, 0.717) is 12.1 Å². The van der Waals surface area contributed by atoms with Gasteiger partial charge in [0, 0.05) is 23.4 Å². The fourth-order valence-corrected chi connectivity index (χ4v) is 4.28. The van der Waals surface area contributed by atoms with Crippen LogP contribution in [0.4, 0.5) is 4.79 Å². The second-order valence-corrected chi connectivity index (χ2v) is 8.87. The molecule has 0 bridgehead atoms. The van der Waals surface area contributed by atoms with E-state index in [1.807, 2.05) is 32.5 Å². The monoisotopic (exact) mass is 328 g/mol. The Morgan fingerprint density at radius 3 is 2.18 bits per heavy atom. The summed E-state index contributed by atoms with van der Waals surface area (Å²) in [5.41, 5.74) is -0.420. The van der Waals surface area contributed by atoms with Crippen molar-refractivity contribution in [3.63, 3.8) is 0 Å². The standard InChI is InChI=1S/C17H32N2O2S/c1-17(2,3)21-16(20)19-14-6-5-13(11-14)18-12-7-9-15(22-4)10-8-12/h12-15,18H,5-11H2,1-4H3,(H,19,20). The highest BCUT2D eigenvalue weighted by Gasteiger charge is 2.30. The zero-order chi connectivity index (χ0) is 16.2. The van der Waals surface area contributed by atoms with Crippen LogP contribution in [0, 0.1) is 0 Å². The fraction of sp³-hybridized carbons (Fsp3) is 0.941. The summed E-state index contributed by atoms with van der Waals surface area (Å²) in [5, 5.41) is 7.69. The van der Waals surface area contributed by atoms with E-state index in [0.717, 1.165) is 24.5 Å². The molecular weight excluding hydrogens is 296 g/mol. The molecule has 0 saturated heterocycles. The number of rotatable bonds is 4. The number of thioether (sulfide) groups is 1. The Balaban J connectivity index is 1.66. The van der Waals surface area contributed by atoms with Crippen LogP contribution in [-0.4, -0.2) is 41.3 Å². The van der Waals surface area contributed by atoms with Crippen LogP contribution in [0.25, 0.3) is 0 Å². The minimum Gasteiger partial charge on any atom is -0.444 e. The van der Waals surface area contributed by atoms with Gasteiger partial charge in [-0.1, -0.05) is 0 Å². The van der Waals surface area contributed by atoms with Crippen LogP contribution < -0.4 is 10.6 Å². The third kappa shape index (κ3) is 5.99. The molecule has 5 heteroatoms. The predicted molar refractivity (Wildman–Crippen MR) is 93.5 cm³/mol. The molecule has 0 spiro atoms. The van der Waals surface area contributed by atoms with Crippen molar-refractivity contribution in [3.05, 3.63) is 0 Å². The van der Waals surface area contributed by atoms with Crippen molar-refractivity contribution >= 4 is 17.9 Å². The van der Waals surface area contributed by atoms with Crippen LogP contribution in [0.5, 0.6) is 0 Å². The summed E-state index contributed by atoms with van der Waals surface area (Å²) in [6.45, 7) is 5.70. The van der Waals surface area contributed by atoms with E-state index < -0.39 is 5.60 Å². The maximum Gasteiger partial charge on any atom is 0.407 e. The van der Waals surface area contributed by atoms with Crippen molar-refractivity contribution in [2.24, 2.45) is 0 Å². The van der Waals surface area contributed by atoms with Crippen LogP contribution in [0.15, 0.2) is 0 Å². The number of nitrogens with one attached hydrogen (secondary N) is 2. The predicted octanol–water partition coefficient (Wildman–Crippen LogP) is 3.70. The molecule has 2 atom stereocenters. The molecule has 0 heterocycles. The summed E-state index contributed by atoms with van der Waals surface area (Å²) >= 11 is 2.01. The summed E-state index contributed by atoms with van der Waals surface area (Å²) in [6, 6.07) is 1.49. The molecule has 1 amide bonds. The van der Waals surface area contributed by atoms with Gasteiger partial charge in [-0.2, -0.15) is 11.8 Å². The molecule has 0 aromatic rings. The summed E-state index contributed by atoms with van der Waals surface area (Å²) in [5.74, 6) is 0. The van der Waals surface area contributed by atoms with E-state index in [2.05, 4.69) is 16.9 Å². The highest BCUT2D eigenvalue weighted by atomic mass is 32.2. The van der Waals surface area contributed by atoms with Gasteiger partial charge in [-0.3, -0.25) is 0 Å². The lowest BCUT2D eigenvalue weighted by molar-refractivity contribution is 0.0505. The minimum absolute atomic E-state index is 0.259. The molecule has 2 aliphatic rings. The Morgan fingerprint density at radius 1 is 1.00 bits per heavy atom. The number of hydrogen-bond donors (Lipinski definition) is 2. The highest BCUT2D eigenvalue weighted by molar-refractivity contribution is 7.99. The van der Waals surface area contributed by atoms with Gasteiger partial charge in [0.15, 0.2) is 0 Å². The number of hydrogen-bond acceptors (Lipinski definition) is 4. The molecule has 0 aromatic heterocycles. The first-order chi connectivity index (χ1) is 10.4. The molecule has 22 heavy (non-hydrogen) atoms. The Morgan fingerprint density at radius 2 is 1.59 bits per heavy atom. The lowest BCUT2D eigenvalue weighted by atomic mass is 9.94. The van der Waals surface area contributed by atoms with Crippen LogP contribution in [-0.2, 0) is 4.74 Å². The molecular formula is C17H32N2O2S. The van der Waals surface area contributed by atoms with Crippen molar-refractivity contribution in [3.8, 4) is 0 Å². The van der Waals surface area contributed by atoms with Gasteiger partial charge in [0.25, 0.3) is 0 Å².